The molecule has 2 saturated carbocycles. The van der Waals surface area contributed by atoms with E-state index in [0.717, 1.165) is 24.7 Å². The van der Waals surface area contributed by atoms with Crippen LogP contribution in [0.3, 0.4) is 0 Å². The second-order valence-corrected chi connectivity index (χ2v) is 5.37. The van der Waals surface area contributed by atoms with Crippen LogP contribution in [0.4, 0.5) is 4.39 Å². The number of para-hydroxylation sites is 1. The largest absolute Gasteiger partial charge is 0.486 e. The Labute approximate surface area is 96.8 Å². The molecule has 2 unspecified atom stereocenters. The molecule has 2 aliphatic carbocycles. The quantitative estimate of drug-likeness (QED) is 0.795. The first-order valence-corrected chi connectivity index (χ1v) is 6.14. The number of rotatable bonds is 2. The number of halogens is 2. The first-order chi connectivity index (χ1) is 7.24. The average Bonchev–Trinajstić information content (AvgIpc) is 2.81. The van der Waals surface area contributed by atoms with E-state index in [1.165, 1.54) is 12.5 Å². The van der Waals surface area contributed by atoms with Gasteiger partial charge in [0.05, 0.1) is 10.6 Å². The first-order valence-electron chi connectivity index (χ1n) is 5.34. The van der Waals surface area contributed by atoms with Crippen LogP contribution in [0.25, 0.3) is 0 Å². The number of benzene rings is 1. The van der Waals surface area contributed by atoms with Gasteiger partial charge in [0.25, 0.3) is 0 Å². The van der Waals surface area contributed by atoms with Crippen molar-refractivity contribution in [2.45, 2.75) is 25.4 Å². The van der Waals surface area contributed by atoms with Crippen molar-refractivity contribution < 1.29 is 9.13 Å². The Kier molecular flexibility index (Phi) is 2.23. The van der Waals surface area contributed by atoms with Crippen molar-refractivity contribution in [2.24, 2.45) is 11.8 Å². The lowest BCUT2D eigenvalue weighted by molar-refractivity contribution is 0.185. The Morgan fingerprint density at radius 1 is 1.20 bits per heavy atom. The van der Waals surface area contributed by atoms with Crippen LogP contribution < -0.4 is 4.74 Å². The molecule has 0 bridgehead atoms. The smallest absolute Gasteiger partial charge is 0.169 e. The lowest BCUT2D eigenvalue weighted by Gasteiger charge is -2.16. The van der Waals surface area contributed by atoms with Crippen molar-refractivity contribution in [1.82, 2.24) is 0 Å². The second-order valence-electron chi connectivity index (χ2n) is 4.52. The number of hydrogen-bond donors (Lipinski definition) is 0. The Morgan fingerprint density at radius 2 is 1.93 bits per heavy atom. The molecule has 0 aromatic heterocycles. The van der Waals surface area contributed by atoms with Crippen molar-refractivity contribution in [3.05, 3.63) is 28.5 Å². The molecule has 0 N–H and O–H groups in total. The summed E-state index contributed by atoms with van der Waals surface area (Å²) in [5.74, 6) is 1.83. The van der Waals surface area contributed by atoms with E-state index in [0.29, 0.717) is 10.2 Å². The number of ether oxygens (including phenoxy) is 1. The normalized spacial score (nSPS) is 32.5. The third kappa shape index (κ3) is 1.78. The summed E-state index contributed by atoms with van der Waals surface area (Å²) in [6, 6.07) is 4.93. The second kappa shape index (κ2) is 3.48. The molecule has 0 aliphatic heterocycles. The van der Waals surface area contributed by atoms with Gasteiger partial charge in [0.1, 0.15) is 0 Å². The molecule has 2 aliphatic rings. The van der Waals surface area contributed by atoms with Crippen molar-refractivity contribution in [1.29, 1.82) is 0 Å². The van der Waals surface area contributed by atoms with E-state index in [1.54, 1.807) is 6.07 Å². The van der Waals surface area contributed by atoms with Crippen LogP contribution >= 0.6 is 15.9 Å². The maximum Gasteiger partial charge on any atom is 0.169 e. The Morgan fingerprint density at radius 3 is 2.60 bits per heavy atom. The van der Waals surface area contributed by atoms with Crippen LogP contribution in [0.1, 0.15) is 19.3 Å². The van der Waals surface area contributed by atoms with E-state index in [-0.39, 0.29) is 11.9 Å². The van der Waals surface area contributed by atoms with Crippen molar-refractivity contribution in [2.75, 3.05) is 0 Å². The van der Waals surface area contributed by atoms with Gasteiger partial charge < -0.3 is 4.74 Å². The maximum atomic E-state index is 13.5. The Bertz CT molecular complexity index is 363. The van der Waals surface area contributed by atoms with Crippen LogP contribution in [-0.4, -0.2) is 6.10 Å². The van der Waals surface area contributed by atoms with Gasteiger partial charge in [0, 0.05) is 0 Å². The lowest BCUT2D eigenvalue weighted by Crippen LogP contribution is -2.14. The third-order valence-corrected chi connectivity index (χ3v) is 4.03. The minimum Gasteiger partial charge on any atom is -0.486 e. The summed E-state index contributed by atoms with van der Waals surface area (Å²) < 4.78 is 19.9. The zero-order valence-electron chi connectivity index (χ0n) is 8.25. The van der Waals surface area contributed by atoms with E-state index in [2.05, 4.69) is 15.9 Å². The molecule has 1 nitrogen and oxygen atoms in total. The molecule has 2 atom stereocenters. The molecule has 80 valence electrons. The molecule has 0 radical (unpaired) electrons. The van der Waals surface area contributed by atoms with E-state index in [9.17, 15) is 4.39 Å². The fourth-order valence-corrected chi connectivity index (χ4v) is 2.95. The Hall–Kier alpha value is -0.570. The Balaban J connectivity index is 1.76. The standard InChI is InChI=1S/C12H12BrFO/c13-10-2-1-3-11(14)12(10)15-9-5-7-4-8(7)6-9/h1-3,7-9H,4-6H2. The summed E-state index contributed by atoms with van der Waals surface area (Å²) in [5.41, 5.74) is 0. The van der Waals surface area contributed by atoms with Crippen LogP contribution in [0.5, 0.6) is 5.75 Å². The summed E-state index contributed by atoms with van der Waals surface area (Å²) in [4.78, 5) is 0. The van der Waals surface area contributed by atoms with E-state index < -0.39 is 0 Å². The molecule has 1 aromatic rings. The van der Waals surface area contributed by atoms with Crippen LogP contribution in [-0.2, 0) is 0 Å². The SMILES string of the molecule is Fc1cccc(Br)c1OC1CC2CC2C1. The lowest BCUT2D eigenvalue weighted by atomic mass is 10.2. The third-order valence-electron chi connectivity index (χ3n) is 3.40. The van der Waals surface area contributed by atoms with Crippen molar-refractivity contribution >= 4 is 15.9 Å². The van der Waals surface area contributed by atoms with Crippen LogP contribution in [0.2, 0.25) is 0 Å². The van der Waals surface area contributed by atoms with Gasteiger partial charge in [-0.25, -0.2) is 4.39 Å². The maximum absolute atomic E-state index is 13.5. The number of fused-ring (bicyclic) bond motifs is 1. The molecule has 2 fully saturated rings. The molecule has 15 heavy (non-hydrogen) atoms. The van der Waals surface area contributed by atoms with Gasteiger partial charge in [-0.15, -0.1) is 0 Å². The highest BCUT2D eigenvalue weighted by Gasteiger charge is 2.47. The van der Waals surface area contributed by atoms with Crippen LogP contribution in [0.15, 0.2) is 22.7 Å². The average molecular weight is 271 g/mol. The van der Waals surface area contributed by atoms with E-state index in [4.69, 9.17) is 4.74 Å². The predicted molar refractivity (Wildman–Crippen MR) is 59.3 cm³/mol. The number of hydrogen-bond acceptors (Lipinski definition) is 1. The molecule has 1 aromatic carbocycles. The zero-order valence-corrected chi connectivity index (χ0v) is 9.84. The van der Waals surface area contributed by atoms with E-state index in [1.807, 2.05) is 6.07 Å². The van der Waals surface area contributed by atoms with E-state index >= 15 is 0 Å². The summed E-state index contributed by atoms with van der Waals surface area (Å²) in [5, 5.41) is 0. The highest BCUT2D eigenvalue weighted by atomic mass is 79.9. The topological polar surface area (TPSA) is 9.23 Å². The molecule has 0 saturated heterocycles. The molecule has 0 spiro atoms. The summed E-state index contributed by atoms with van der Waals surface area (Å²) in [6.07, 6.45) is 3.79. The predicted octanol–water partition coefficient (Wildman–Crippen LogP) is 3.77. The highest BCUT2D eigenvalue weighted by molar-refractivity contribution is 9.10. The van der Waals surface area contributed by atoms with Gasteiger partial charge in [-0.3, -0.25) is 0 Å². The molecule has 0 amide bonds. The van der Waals surface area contributed by atoms with Gasteiger partial charge in [-0.1, -0.05) is 6.07 Å². The van der Waals surface area contributed by atoms with Crippen molar-refractivity contribution in [3.8, 4) is 5.75 Å². The summed E-state index contributed by atoms with van der Waals surface area (Å²) in [6.45, 7) is 0. The first kappa shape index (κ1) is 9.64. The summed E-state index contributed by atoms with van der Waals surface area (Å²) >= 11 is 3.32. The molecule has 3 rings (SSSR count). The van der Waals surface area contributed by atoms with Gasteiger partial charge >= 0.3 is 0 Å². The monoisotopic (exact) mass is 270 g/mol. The highest BCUT2D eigenvalue weighted by Crippen LogP contribution is 2.52. The summed E-state index contributed by atoms with van der Waals surface area (Å²) in [7, 11) is 0. The van der Waals surface area contributed by atoms with Gasteiger partial charge in [-0.2, -0.15) is 0 Å². The minimum atomic E-state index is -0.273. The molecule has 3 heteroatoms. The van der Waals surface area contributed by atoms with Gasteiger partial charge in [0.15, 0.2) is 11.6 Å². The fraction of sp³-hybridized carbons (Fsp3) is 0.500. The molecule has 0 heterocycles. The van der Waals surface area contributed by atoms with Gasteiger partial charge in [0.2, 0.25) is 0 Å². The minimum absolute atomic E-state index is 0.224. The molecular formula is C12H12BrFO. The van der Waals surface area contributed by atoms with Gasteiger partial charge in [-0.05, 0) is 59.2 Å². The van der Waals surface area contributed by atoms with Crippen molar-refractivity contribution in [3.63, 3.8) is 0 Å². The zero-order chi connectivity index (χ0) is 10.4. The fourth-order valence-electron chi connectivity index (χ4n) is 2.52. The van der Waals surface area contributed by atoms with Crippen LogP contribution in [0, 0.1) is 17.7 Å². The molecular weight excluding hydrogens is 259 g/mol.